The largest absolute Gasteiger partial charge is 0.491 e. The van der Waals surface area contributed by atoms with Gasteiger partial charge in [-0.1, -0.05) is 19.4 Å². The zero-order valence-corrected chi connectivity index (χ0v) is 9.72. The van der Waals surface area contributed by atoms with E-state index in [1.54, 1.807) is 0 Å². The first-order valence-electron chi connectivity index (χ1n) is 4.68. The molecule has 18 heavy (non-hydrogen) atoms. The highest BCUT2D eigenvalue weighted by Gasteiger charge is 2.65. The Labute approximate surface area is 99.5 Å². The van der Waals surface area contributed by atoms with Crippen molar-refractivity contribution in [3.8, 4) is 5.75 Å². The summed E-state index contributed by atoms with van der Waals surface area (Å²) in [6.45, 7) is -0.935. The summed E-state index contributed by atoms with van der Waals surface area (Å²) in [5.41, 5.74) is 0. The summed E-state index contributed by atoms with van der Waals surface area (Å²) in [6.07, 6.45) is -1.19. The van der Waals surface area contributed by atoms with Crippen molar-refractivity contribution in [1.29, 1.82) is 0 Å². The Kier molecular flexibility index (Phi) is 3.31. The second kappa shape index (κ2) is 3.97. The van der Waals surface area contributed by atoms with Gasteiger partial charge in [0.05, 0.1) is 6.61 Å². The van der Waals surface area contributed by atoms with E-state index in [1.165, 1.54) is 0 Å². The van der Waals surface area contributed by atoms with Gasteiger partial charge in [-0.15, -0.1) is 0 Å². The first-order valence-corrected chi connectivity index (χ1v) is 6.63. The van der Waals surface area contributed by atoms with E-state index in [1.807, 2.05) is 0 Å². The summed E-state index contributed by atoms with van der Waals surface area (Å²) in [7, 11) is -9.65. The predicted octanol–water partition coefficient (Wildman–Crippen LogP) is 3.08. The molecule has 1 aromatic carbocycles. The second-order valence-corrected chi connectivity index (χ2v) is 6.00. The average molecular weight is 294 g/mol. The minimum atomic E-state index is -9.65. The van der Waals surface area contributed by atoms with Crippen molar-refractivity contribution in [3.05, 3.63) is 24.3 Å². The molecule has 1 aromatic rings. The van der Waals surface area contributed by atoms with Gasteiger partial charge in [0.1, 0.15) is 23.4 Å². The lowest BCUT2D eigenvalue weighted by Gasteiger charge is -2.40. The zero-order valence-electron chi connectivity index (χ0n) is 8.90. The smallest absolute Gasteiger partial charge is 0.310 e. The van der Waals surface area contributed by atoms with Crippen LogP contribution in [0.3, 0.4) is 0 Å². The zero-order chi connectivity index (χ0) is 14.1. The number of rotatable bonds is 5. The highest BCUT2D eigenvalue weighted by molar-refractivity contribution is 8.45. The lowest BCUT2D eigenvalue weighted by Crippen LogP contribution is -2.21. The molecule has 0 amide bonds. The molecule has 0 spiro atoms. The van der Waals surface area contributed by atoms with E-state index < -0.39 is 27.8 Å². The third-order valence-electron chi connectivity index (χ3n) is 1.92. The monoisotopic (exact) mass is 294 g/mol. The maximum atomic E-state index is 12.3. The summed E-state index contributed by atoms with van der Waals surface area (Å²) in [5, 5.41) is 17.4. The van der Waals surface area contributed by atoms with Gasteiger partial charge in [-0.05, 0) is 24.3 Å². The van der Waals surface area contributed by atoms with Crippen molar-refractivity contribution in [2.75, 3.05) is 13.2 Å². The molecule has 106 valence electrons. The van der Waals surface area contributed by atoms with Gasteiger partial charge in [0, 0.05) is 0 Å². The SMILES string of the molecule is OC[C@@H](O)COc1ccc(S(F)(F)(F)(F)F)cc1. The fourth-order valence-corrected chi connectivity index (χ4v) is 1.69. The third kappa shape index (κ3) is 4.31. The maximum absolute atomic E-state index is 12.3. The van der Waals surface area contributed by atoms with Crippen LogP contribution in [0.2, 0.25) is 0 Å². The summed E-state index contributed by atoms with van der Waals surface area (Å²) >= 11 is 0. The van der Waals surface area contributed by atoms with Crippen LogP contribution in [0.1, 0.15) is 0 Å². The van der Waals surface area contributed by atoms with Crippen LogP contribution >= 0.6 is 10.2 Å². The van der Waals surface area contributed by atoms with Crippen LogP contribution in [-0.2, 0) is 0 Å². The lowest BCUT2D eigenvalue weighted by molar-refractivity contribution is 0.0536. The van der Waals surface area contributed by atoms with Crippen LogP contribution in [0.4, 0.5) is 19.4 Å². The van der Waals surface area contributed by atoms with Crippen LogP contribution in [0.25, 0.3) is 0 Å². The summed E-state index contributed by atoms with van der Waals surface area (Å²) in [5.74, 6) is -0.117. The fraction of sp³-hybridized carbons (Fsp3) is 0.333. The molecular formula is C9H11F5O3S. The highest BCUT2D eigenvalue weighted by atomic mass is 32.5. The Hall–Kier alpha value is -1.06. The molecule has 0 saturated carbocycles. The summed E-state index contributed by atoms with van der Waals surface area (Å²) in [6, 6.07) is 1.86. The molecule has 0 heterocycles. The fourth-order valence-electron chi connectivity index (χ4n) is 1.04. The van der Waals surface area contributed by atoms with E-state index in [0.29, 0.717) is 0 Å². The van der Waals surface area contributed by atoms with Crippen molar-refractivity contribution in [3.63, 3.8) is 0 Å². The van der Waals surface area contributed by atoms with Crippen LogP contribution in [-0.4, -0.2) is 29.5 Å². The Morgan fingerprint density at radius 2 is 1.56 bits per heavy atom. The molecule has 1 rings (SSSR count). The van der Waals surface area contributed by atoms with E-state index in [-0.39, 0.29) is 24.5 Å². The second-order valence-electron chi connectivity index (χ2n) is 3.59. The topological polar surface area (TPSA) is 49.7 Å². The van der Waals surface area contributed by atoms with E-state index in [2.05, 4.69) is 0 Å². The number of hydrogen-bond acceptors (Lipinski definition) is 3. The van der Waals surface area contributed by atoms with E-state index in [4.69, 9.17) is 14.9 Å². The first kappa shape index (κ1) is 15.0. The lowest BCUT2D eigenvalue weighted by atomic mass is 10.3. The van der Waals surface area contributed by atoms with Gasteiger partial charge < -0.3 is 14.9 Å². The molecule has 1 atom stereocenters. The van der Waals surface area contributed by atoms with Crippen LogP contribution in [0.15, 0.2) is 29.2 Å². The molecule has 0 aliphatic heterocycles. The van der Waals surface area contributed by atoms with Gasteiger partial charge in [-0.3, -0.25) is 0 Å². The number of benzene rings is 1. The first-order chi connectivity index (χ1) is 7.92. The molecular weight excluding hydrogens is 283 g/mol. The normalized spacial score (nSPS) is 17.7. The third-order valence-corrected chi connectivity index (χ3v) is 3.09. The molecule has 0 unspecified atom stereocenters. The van der Waals surface area contributed by atoms with Crippen molar-refractivity contribution >= 4 is 10.2 Å². The molecule has 0 fully saturated rings. The molecule has 0 radical (unpaired) electrons. The van der Waals surface area contributed by atoms with E-state index >= 15 is 0 Å². The number of aliphatic hydroxyl groups is 2. The van der Waals surface area contributed by atoms with Crippen molar-refractivity contribution < 1.29 is 34.4 Å². The van der Waals surface area contributed by atoms with Crippen LogP contribution in [0.5, 0.6) is 5.75 Å². The van der Waals surface area contributed by atoms with Gasteiger partial charge >= 0.3 is 10.2 Å². The van der Waals surface area contributed by atoms with Gasteiger partial charge in [0.25, 0.3) is 0 Å². The summed E-state index contributed by atoms with van der Waals surface area (Å²) in [4.78, 5) is -2.01. The van der Waals surface area contributed by atoms with Gasteiger partial charge in [-0.25, -0.2) is 0 Å². The maximum Gasteiger partial charge on any atom is 0.310 e. The number of hydrogen-bond donors (Lipinski definition) is 2. The number of ether oxygens (including phenoxy) is 1. The molecule has 0 aliphatic rings. The molecule has 0 bridgehead atoms. The molecule has 0 aliphatic carbocycles. The quantitative estimate of drug-likeness (QED) is 0.821. The van der Waals surface area contributed by atoms with Crippen molar-refractivity contribution in [1.82, 2.24) is 0 Å². The Bertz CT molecular complexity index is 415. The molecule has 2 N–H and O–H groups in total. The standard InChI is InChI=1S/C9H11F5O3S/c10-18(11,12,13,14)9-3-1-8(2-4-9)17-6-7(16)5-15/h1-4,7,15-16H,5-6H2/t7-/m1/s1. The Balaban J connectivity index is 2.82. The Morgan fingerprint density at radius 1 is 1.06 bits per heavy atom. The molecule has 0 saturated heterocycles. The number of halogens is 5. The predicted molar refractivity (Wildman–Crippen MR) is 56.4 cm³/mol. The van der Waals surface area contributed by atoms with Crippen LogP contribution < -0.4 is 4.74 Å². The molecule has 9 heteroatoms. The van der Waals surface area contributed by atoms with Gasteiger partial charge in [-0.2, -0.15) is 0 Å². The summed E-state index contributed by atoms with van der Waals surface area (Å²) < 4.78 is 66.5. The van der Waals surface area contributed by atoms with Crippen molar-refractivity contribution in [2.24, 2.45) is 0 Å². The Morgan fingerprint density at radius 3 is 1.94 bits per heavy atom. The molecule has 3 nitrogen and oxygen atoms in total. The van der Waals surface area contributed by atoms with Crippen molar-refractivity contribution in [2.45, 2.75) is 11.0 Å². The minimum Gasteiger partial charge on any atom is -0.491 e. The molecule has 0 aromatic heterocycles. The van der Waals surface area contributed by atoms with E-state index in [9.17, 15) is 19.4 Å². The van der Waals surface area contributed by atoms with E-state index in [0.717, 1.165) is 12.1 Å². The minimum absolute atomic E-state index is 0.117. The van der Waals surface area contributed by atoms with Crippen LogP contribution in [0, 0.1) is 0 Å². The average Bonchev–Trinajstić information content (AvgIpc) is 2.23. The van der Waals surface area contributed by atoms with Gasteiger partial charge in [0.2, 0.25) is 0 Å². The highest BCUT2D eigenvalue weighted by Crippen LogP contribution is 3.02. The number of aliphatic hydroxyl groups excluding tert-OH is 2. The van der Waals surface area contributed by atoms with Gasteiger partial charge in [0.15, 0.2) is 0 Å².